The SMILES string of the molecule is COc1ccc(C(C)Cc2nc(N[C@@H](CO)CC(C)C)nc(NS(C)(=O)=O)n2)c(F)n1. The van der Waals surface area contributed by atoms with Gasteiger partial charge in [0.1, 0.15) is 5.82 Å². The maximum atomic E-state index is 14.3. The quantitative estimate of drug-likeness (QED) is 0.433. The molecular weight excluding hydrogens is 427 g/mol. The summed E-state index contributed by atoms with van der Waals surface area (Å²) >= 11 is 0. The average molecular weight is 457 g/mol. The Labute approximate surface area is 181 Å². The molecule has 12 heteroatoms. The van der Waals surface area contributed by atoms with Gasteiger partial charge in [0.15, 0.2) is 0 Å². The van der Waals surface area contributed by atoms with Crippen LogP contribution in [0, 0.1) is 11.9 Å². The van der Waals surface area contributed by atoms with Crippen molar-refractivity contribution < 1.29 is 22.7 Å². The number of methoxy groups -OCH3 is 1. The van der Waals surface area contributed by atoms with Crippen LogP contribution in [-0.4, -0.2) is 59.5 Å². The highest BCUT2D eigenvalue weighted by molar-refractivity contribution is 7.91. The van der Waals surface area contributed by atoms with E-state index in [1.807, 2.05) is 13.8 Å². The molecular formula is C19H29FN6O4S. The first kappa shape index (κ1) is 24.7. The number of sulfonamides is 1. The summed E-state index contributed by atoms with van der Waals surface area (Å²) in [6.07, 6.45) is 1.85. The Balaban J connectivity index is 2.33. The fraction of sp³-hybridized carbons (Fsp3) is 0.579. The number of nitrogens with one attached hydrogen (secondary N) is 2. The lowest BCUT2D eigenvalue weighted by atomic mass is 9.99. The van der Waals surface area contributed by atoms with Crippen LogP contribution in [0.15, 0.2) is 12.1 Å². The first-order chi connectivity index (χ1) is 14.5. The van der Waals surface area contributed by atoms with Gasteiger partial charge < -0.3 is 15.2 Å². The summed E-state index contributed by atoms with van der Waals surface area (Å²) < 4.78 is 44.8. The molecule has 0 aliphatic rings. The zero-order valence-electron chi connectivity index (χ0n) is 18.3. The molecule has 0 aromatic carbocycles. The van der Waals surface area contributed by atoms with Gasteiger partial charge >= 0.3 is 0 Å². The summed E-state index contributed by atoms with van der Waals surface area (Å²) in [6, 6.07) is 2.82. The van der Waals surface area contributed by atoms with E-state index in [0.717, 1.165) is 6.26 Å². The van der Waals surface area contributed by atoms with Crippen molar-refractivity contribution in [1.29, 1.82) is 0 Å². The third kappa shape index (κ3) is 7.87. The van der Waals surface area contributed by atoms with Crippen LogP contribution in [-0.2, 0) is 16.4 Å². The Morgan fingerprint density at radius 3 is 2.35 bits per heavy atom. The van der Waals surface area contributed by atoms with Gasteiger partial charge in [0.25, 0.3) is 0 Å². The van der Waals surface area contributed by atoms with E-state index in [2.05, 4.69) is 30.0 Å². The number of halogens is 1. The van der Waals surface area contributed by atoms with Crippen LogP contribution in [0.3, 0.4) is 0 Å². The Hall–Kier alpha value is -2.60. The molecule has 2 rings (SSSR count). The minimum absolute atomic E-state index is 0.122. The smallest absolute Gasteiger partial charge is 0.241 e. The maximum absolute atomic E-state index is 14.3. The molecule has 2 atom stereocenters. The zero-order valence-corrected chi connectivity index (χ0v) is 19.1. The highest BCUT2D eigenvalue weighted by Crippen LogP contribution is 2.24. The minimum atomic E-state index is -3.62. The lowest BCUT2D eigenvalue weighted by molar-refractivity contribution is 0.259. The first-order valence-electron chi connectivity index (χ1n) is 9.81. The van der Waals surface area contributed by atoms with Gasteiger partial charge in [-0.2, -0.15) is 24.3 Å². The van der Waals surface area contributed by atoms with Crippen molar-refractivity contribution in [2.24, 2.45) is 5.92 Å². The molecule has 0 aliphatic heterocycles. The molecule has 0 saturated carbocycles. The molecule has 31 heavy (non-hydrogen) atoms. The largest absolute Gasteiger partial charge is 0.481 e. The lowest BCUT2D eigenvalue weighted by Crippen LogP contribution is -2.27. The molecule has 0 saturated heterocycles. The van der Waals surface area contributed by atoms with Crippen LogP contribution in [0.2, 0.25) is 0 Å². The molecule has 0 bridgehead atoms. The molecule has 2 aromatic rings. The summed E-state index contributed by atoms with van der Waals surface area (Å²) in [5.41, 5.74) is 0.349. The predicted molar refractivity (Wildman–Crippen MR) is 115 cm³/mol. The monoisotopic (exact) mass is 456 g/mol. The van der Waals surface area contributed by atoms with Crippen molar-refractivity contribution in [3.63, 3.8) is 0 Å². The van der Waals surface area contributed by atoms with Gasteiger partial charge in [-0.25, -0.2) is 8.42 Å². The second kappa shape index (κ2) is 10.6. The maximum Gasteiger partial charge on any atom is 0.241 e. The second-order valence-electron chi connectivity index (χ2n) is 7.77. The van der Waals surface area contributed by atoms with Crippen molar-refractivity contribution in [2.75, 3.05) is 30.0 Å². The molecule has 2 aromatic heterocycles. The zero-order chi connectivity index (χ0) is 23.2. The van der Waals surface area contributed by atoms with Crippen LogP contribution < -0.4 is 14.8 Å². The van der Waals surface area contributed by atoms with E-state index >= 15 is 0 Å². The molecule has 1 unspecified atom stereocenters. The van der Waals surface area contributed by atoms with Crippen LogP contribution in [0.5, 0.6) is 5.88 Å². The molecule has 0 fully saturated rings. The van der Waals surface area contributed by atoms with Gasteiger partial charge in [0.05, 0.1) is 26.0 Å². The Morgan fingerprint density at radius 2 is 1.81 bits per heavy atom. The van der Waals surface area contributed by atoms with Gasteiger partial charge in [0.2, 0.25) is 33.7 Å². The number of nitrogens with zero attached hydrogens (tertiary/aromatic N) is 4. The summed E-state index contributed by atoms with van der Waals surface area (Å²) in [4.78, 5) is 16.3. The van der Waals surface area contributed by atoms with Gasteiger partial charge in [-0.1, -0.05) is 20.8 Å². The standard InChI is InChI=1S/C19H29FN6O4S/c1-11(2)8-13(10-27)21-18-22-15(23-19(25-18)26-31(5,28)29)9-12(3)14-6-7-16(30-4)24-17(14)20/h6-7,11-13,27H,8-10H2,1-5H3,(H2,21,22,23,25,26)/t12?,13-/m1/s1. The number of rotatable bonds is 11. The number of aliphatic hydroxyl groups is 1. The van der Waals surface area contributed by atoms with Crippen molar-refractivity contribution in [1.82, 2.24) is 19.9 Å². The molecule has 10 nitrogen and oxygen atoms in total. The number of hydrogen-bond donors (Lipinski definition) is 3. The minimum Gasteiger partial charge on any atom is -0.481 e. The van der Waals surface area contributed by atoms with Crippen LogP contribution in [0.25, 0.3) is 0 Å². The predicted octanol–water partition coefficient (Wildman–Crippen LogP) is 1.95. The highest BCUT2D eigenvalue weighted by Gasteiger charge is 2.19. The Morgan fingerprint density at radius 1 is 1.13 bits per heavy atom. The second-order valence-corrected chi connectivity index (χ2v) is 9.51. The molecule has 2 heterocycles. The normalized spacial score (nSPS) is 13.7. The Kier molecular flexibility index (Phi) is 8.45. The van der Waals surface area contributed by atoms with E-state index in [1.165, 1.54) is 7.11 Å². The van der Waals surface area contributed by atoms with E-state index in [1.54, 1.807) is 19.1 Å². The topological polar surface area (TPSA) is 139 Å². The average Bonchev–Trinajstić information content (AvgIpc) is 2.65. The number of anilines is 2. The van der Waals surface area contributed by atoms with E-state index < -0.39 is 16.0 Å². The molecule has 0 spiro atoms. The van der Waals surface area contributed by atoms with Crippen LogP contribution in [0.4, 0.5) is 16.3 Å². The number of pyridine rings is 1. The molecule has 0 amide bonds. The number of aliphatic hydroxyl groups excluding tert-OH is 1. The summed E-state index contributed by atoms with van der Waals surface area (Å²) in [7, 11) is -2.22. The molecule has 172 valence electrons. The summed E-state index contributed by atoms with van der Waals surface area (Å²) in [5, 5.41) is 12.6. The van der Waals surface area contributed by atoms with Crippen molar-refractivity contribution in [2.45, 2.75) is 45.6 Å². The number of hydrogen-bond acceptors (Lipinski definition) is 9. The van der Waals surface area contributed by atoms with Crippen molar-refractivity contribution in [3.8, 4) is 5.88 Å². The van der Waals surface area contributed by atoms with Crippen LogP contribution in [0.1, 0.15) is 44.5 Å². The van der Waals surface area contributed by atoms with Crippen molar-refractivity contribution >= 4 is 21.9 Å². The van der Waals surface area contributed by atoms with Gasteiger partial charge in [-0.3, -0.25) is 4.72 Å². The third-order valence-electron chi connectivity index (χ3n) is 4.35. The fourth-order valence-corrected chi connectivity index (χ4v) is 3.43. The third-order valence-corrected chi connectivity index (χ3v) is 4.90. The van der Waals surface area contributed by atoms with Crippen molar-refractivity contribution in [3.05, 3.63) is 29.5 Å². The fourth-order valence-electron chi connectivity index (χ4n) is 3.01. The molecule has 0 aliphatic carbocycles. The number of ether oxygens (including phenoxy) is 1. The van der Waals surface area contributed by atoms with Gasteiger partial charge in [-0.05, 0) is 24.3 Å². The summed E-state index contributed by atoms with van der Waals surface area (Å²) in [5.74, 6) is -0.319. The van der Waals surface area contributed by atoms with E-state index in [9.17, 15) is 17.9 Å². The highest BCUT2D eigenvalue weighted by atomic mass is 32.2. The first-order valence-corrected chi connectivity index (χ1v) is 11.7. The van der Waals surface area contributed by atoms with E-state index in [0.29, 0.717) is 17.9 Å². The van der Waals surface area contributed by atoms with Gasteiger partial charge in [0, 0.05) is 18.1 Å². The van der Waals surface area contributed by atoms with E-state index in [-0.39, 0.29) is 48.6 Å². The van der Waals surface area contributed by atoms with Crippen LogP contribution >= 0.6 is 0 Å². The van der Waals surface area contributed by atoms with Gasteiger partial charge in [-0.15, -0.1) is 0 Å². The summed E-state index contributed by atoms with van der Waals surface area (Å²) in [6.45, 7) is 5.66. The number of aromatic nitrogens is 4. The lowest BCUT2D eigenvalue weighted by Gasteiger charge is -2.19. The van der Waals surface area contributed by atoms with E-state index in [4.69, 9.17) is 4.74 Å². The molecule has 0 radical (unpaired) electrons. The Bertz CT molecular complexity index is 989. The molecule has 3 N–H and O–H groups in total.